The third-order valence-electron chi connectivity index (χ3n) is 3.99. The van der Waals surface area contributed by atoms with Crippen molar-refractivity contribution in [1.82, 2.24) is 19.8 Å². The third-order valence-corrected chi connectivity index (χ3v) is 5.95. The SMILES string of the molecule is CCNC(=NCCN1CCCS1(=O)=O)NCCN1CCOCC1.I. The van der Waals surface area contributed by atoms with Gasteiger partial charge in [0.25, 0.3) is 0 Å². The lowest BCUT2D eigenvalue weighted by Crippen LogP contribution is -2.44. The minimum Gasteiger partial charge on any atom is -0.379 e. The van der Waals surface area contributed by atoms with E-state index in [2.05, 4.69) is 20.5 Å². The van der Waals surface area contributed by atoms with Gasteiger partial charge in [-0.1, -0.05) is 0 Å². The summed E-state index contributed by atoms with van der Waals surface area (Å²) in [5.74, 6) is 1.02. The van der Waals surface area contributed by atoms with Gasteiger partial charge in [-0.3, -0.25) is 9.89 Å². The van der Waals surface area contributed by atoms with Crippen molar-refractivity contribution in [2.45, 2.75) is 13.3 Å². The quantitative estimate of drug-likeness (QED) is 0.294. The molecule has 10 heteroatoms. The average molecular weight is 475 g/mol. The van der Waals surface area contributed by atoms with Crippen molar-refractivity contribution < 1.29 is 13.2 Å². The Morgan fingerprint density at radius 3 is 2.54 bits per heavy atom. The van der Waals surface area contributed by atoms with Gasteiger partial charge in [-0.05, 0) is 13.3 Å². The topological polar surface area (TPSA) is 86.3 Å². The zero-order chi connectivity index (χ0) is 16.5. The molecule has 2 saturated heterocycles. The van der Waals surface area contributed by atoms with Crippen molar-refractivity contribution in [3.63, 3.8) is 0 Å². The van der Waals surface area contributed by atoms with E-state index in [-0.39, 0.29) is 29.7 Å². The van der Waals surface area contributed by atoms with Crippen LogP contribution in [0.5, 0.6) is 0 Å². The summed E-state index contributed by atoms with van der Waals surface area (Å²) in [6.45, 7) is 9.69. The van der Waals surface area contributed by atoms with Crippen molar-refractivity contribution in [1.29, 1.82) is 0 Å². The van der Waals surface area contributed by atoms with Crippen molar-refractivity contribution in [2.24, 2.45) is 4.99 Å². The van der Waals surface area contributed by atoms with Crippen molar-refractivity contribution in [3.05, 3.63) is 0 Å². The zero-order valence-electron chi connectivity index (χ0n) is 14.4. The third kappa shape index (κ3) is 7.38. The molecule has 2 rings (SSSR count). The number of morpholine rings is 1. The standard InChI is InChI=1S/C14H29N5O3S.HI/c1-2-15-14(16-4-7-18-9-11-22-12-10-18)17-5-8-19-6-3-13-23(19,20)21;/h2-13H2,1H3,(H2,15,16,17);1H. The Hall–Kier alpha value is -0.170. The predicted octanol–water partition coefficient (Wildman–Crippen LogP) is -0.473. The number of nitrogens with zero attached hydrogens (tertiary/aromatic N) is 3. The molecule has 0 amide bonds. The summed E-state index contributed by atoms with van der Waals surface area (Å²) in [7, 11) is -3.02. The number of sulfonamides is 1. The van der Waals surface area contributed by atoms with E-state index in [1.807, 2.05) is 6.92 Å². The van der Waals surface area contributed by atoms with Crippen molar-refractivity contribution in [2.75, 3.05) is 71.3 Å². The highest BCUT2D eigenvalue weighted by Crippen LogP contribution is 2.12. The van der Waals surface area contributed by atoms with Crippen LogP contribution in [0.3, 0.4) is 0 Å². The van der Waals surface area contributed by atoms with E-state index in [4.69, 9.17) is 4.74 Å². The summed E-state index contributed by atoms with van der Waals surface area (Å²) in [5, 5.41) is 6.50. The fourth-order valence-electron chi connectivity index (χ4n) is 2.71. The first-order chi connectivity index (χ1) is 11.1. The summed E-state index contributed by atoms with van der Waals surface area (Å²) in [6.07, 6.45) is 0.726. The summed E-state index contributed by atoms with van der Waals surface area (Å²) in [6, 6.07) is 0. The summed E-state index contributed by atoms with van der Waals surface area (Å²) in [5.41, 5.74) is 0. The first-order valence-corrected chi connectivity index (χ1v) is 10.0. The van der Waals surface area contributed by atoms with Crippen LogP contribution in [-0.2, 0) is 14.8 Å². The van der Waals surface area contributed by atoms with Crippen LogP contribution in [-0.4, -0.2) is 94.9 Å². The van der Waals surface area contributed by atoms with E-state index in [1.54, 1.807) is 0 Å². The molecule has 2 aliphatic rings. The van der Waals surface area contributed by atoms with Crippen LogP contribution in [0.2, 0.25) is 0 Å². The monoisotopic (exact) mass is 475 g/mol. The Bertz CT molecular complexity index is 483. The Morgan fingerprint density at radius 2 is 1.92 bits per heavy atom. The summed E-state index contributed by atoms with van der Waals surface area (Å²) < 4.78 is 30.3. The minimum atomic E-state index is -3.02. The van der Waals surface area contributed by atoms with Gasteiger partial charge in [0, 0.05) is 45.8 Å². The van der Waals surface area contributed by atoms with Crippen LogP contribution in [0.4, 0.5) is 0 Å². The Morgan fingerprint density at radius 1 is 1.17 bits per heavy atom. The second kappa shape index (κ2) is 11.4. The first-order valence-electron chi connectivity index (χ1n) is 8.42. The van der Waals surface area contributed by atoms with E-state index >= 15 is 0 Å². The molecule has 0 aromatic heterocycles. The smallest absolute Gasteiger partial charge is 0.214 e. The van der Waals surface area contributed by atoms with Gasteiger partial charge in [0.2, 0.25) is 10.0 Å². The van der Waals surface area contributed by atoms with Gasteiger partial charge >= 0.3 is 0 Å². The molecule has 142 valence electrons. The second-order valence-corrected chi connectivity index (χ2v) is 7.80. The van der Waals surface area contributed by atoms with Gasteiger partial charge in [-0.25, -0.2) is 12.7 Å². The van der Waals surface area contributed by atoms with Gasteiger partial charge in [-0.15, -0.1) is 24.0 Å². The molecular weight excluding hydrogens is 445 g/mol. The molecule has 0 unspecified atom stereocenters. The van der Waals surface area contributed by atoms with Crippen molar-refractivity contribution in [3.8, 4) is 0 Å². The maximum absolute atomic E-state index is 11.7. The molecule has 0 aromatic carbocycles. The first kappa shape index (κ1) is 21.9. The molecule has 2 aliphatic heterocycles. The number of ether oxygens (including phenoxy) is 1. The van der Waals surface area contributed by atoms with Crippen molar-refractivity contribution >= 4 is 40.0 Å². The molecule has 0 radical (unpaired) electrons. The molecule has 2 N–H and O–H groups in total. The number of hydrogen-bond donors (Lipinski definition) is 2. The number of aliphatic imine (C=N–C) groups is 1. The van der Waals surface area contributed by atoms with Gasteiger partial charge < -0.3 is 15.4 Å². The molecule has 0 aromatic rings. The molecule has 0 saturated carbocycles. The van der Waals surface area contributed by atoms with Gasteiger partial charge in [0.05, 0.1) is 25.5 Å². The van der Waals surface area contributed by atoms with Crippen LogP contribution in [0.1, 0.15) is 13.3 Å². The molecule has 0 spiro atoms. The van der Waals surface area contributed by atoms with Gasteiger partial charge in [-0.2, -0.15) is 0 Å². The van der Waals surface area contributed by atoms with Gasteiger partial charge in [0.15, 0.2) is 5.96 Å². The molecule has 0 aliphatic carbocycles. The highest BCUT2D eigenvalue weighted by Gasteiger charge is 2.27. The van der Waals surface area contributed by atoms with Gasteiger partial charge in [0.1, 0.15) is 0 Å². The van der Waals surface area contributed by atoms with Crippen LogP contribution in [0.25, 0.3) is 0 Å². The van der Waals surface area contributed by atoms with E-state index in [0.29, 0.717) is 19.6 Å². The Labute approximate surface area is 162 Å². The predicted molar refractivity (Wildman–Crippen MR) is 107 cm³/mol. The lowest BCUT2D eigenvalue weighted by molar-refractivity contribution is 0.0389. The van der Waals surface area contributed by atoms with E-state index in [1.165, 1.54) is 4.31 Å². The zero-order valence-corrected chi connectivity index (χ0v) is 17.5. The van der Waals surface area contributed by atoms with E-state index in [0.717, 1.165) is 58.3 Å². The molecule has 2 fully saturated rings. The fraction of sp³-hybridized carbons (Fsp3) is 0.929. The fourth-order valence-corrected chi connectivity index (χ4v) is 4.23. The number of hydrogen-bond acceptors (Lipinski definition) is 5. The molecular formula is C14H30IN5O3S. The number of guanidine groups is 1. The second-order valence-electron chi connectivity index (χ2n) is 5.71. The van der Waals surface area contributed by atoms with Crippen LogP contribution >= 0.6 is 24.0 Å². The average Bonchev–Trinajstić information content (AvgIpc) is 2.87. The highest BCUT2D eigenvalue weighted by atomic mass is 127. The van der Waals surface area contributed by atoms with E-state index in [9.17, 15) is 8.42 Å². The molecule has 0 bridgehead atoms. The van der Waals surface area contributed by atoms with Crippen LogP contribution in [0, 0.1) is 0 Å². The Kier molecular flexibility index (Phi) is 10.4. The Balaban J connectivity index is 0.00000288. The lowest BCUT2D eigenvalue weighted by Gasteiger charge is -2.26. The number of halogens is 1. The maximum Gasteiger partial charge on any atom is 0.214 e. The van der Waals surface area contributed by atoms with Crippen LogP contribution < -0.4 is 10.6 Å². The normalized spacial score (nSPS) is 22.1. The number of rotatable bonds is 7. The van der Waals surface area contributed by atoms with E-state index < -0.39 is 10.0 Å². The molecule has 0 atom stereocenters. The molecule has 8 nitrogen and oxygen atoms in total. The minimum absolute atomic E-state index is 0. The maximum atomic E-state index is 11.7. The number of nitrogens with one attached hydrogen (secondary N) is 2. The largest absolute Gasteiger partial charge is 0.379 e. The lowest BCUT2D eigenvalue weighted by atomic mass is 10.4. The highest BCUT2D eigenvalue weighted by molar-refractivity contribution is 14.0. The summed E-state index contributed by atoms with van der Waals surface area (Å²) >= 11 is 0. The molecule has 24 heavy (non-hydrogen) atoms. The summed E-state index contributed by atoms with van der Waals surface area (Å²) in [4.78, 5) is 6.83. The molecule has 2 heterocycles. The van der Waals surface area contributed by atoms with Crippen LogP contribution in [0.15, 0.2) is 4.99 Å².